The number of likely N-dealkylation sites (N-methyl/N-ethyl adjacent to an activating group) is 1. The summed E-state index contributed by atoms with van der Waals surface area (Å²) in [6.07, 6.45) is 2.21. The van der Waals surface area contributed by atoms with Crippen molar-refractivity contribution in [2.45, 2.75) is 32.1 Å². The number of ether oxygens (including phenoxy) is 1. The lowest BCUT2D eigenvalue weighted by Gasteiger charge is -2.24. The van der Waals surface area contributed by atoms with Crippen LogP contribution < -0.4 is 10.6 Å². The predicted octanol–water partition coefficient (Wildman–Crippen LogP) is 0.673. The number of carbonyl (C=O) groups is 1. The highest BCUT2D eigenvalue weighted by molar-refractivity contribution is 5.89. The Morgan fingerprint density at radius 3 is 2.91 bits per heavy atom. The van der Waals surface area contributed by atoms with Crippen molar-refractivity contribution in [3.05, 3.63) is 24.5 Å². The maximum Gasteiger partial charge on any atom is 0.319 e. The summed E-state index contributed by atoms with van der Waals surface area (Å²) in [5, 5.41) is 15.7. The minimum absolute atomic E-state index is 0.274. The SMILES string of the molecule is CCN(CC)CC1OCC(NC(=O)Nc2cccnc2)C1O. The van der Waals surface area contributed by atoms with Crippen LogP contribution >= 0.6 is 0 Å². The second-order valence-corrected chi connectivity index (χ2v) is 5.29. The number of hydrogen-bond acceptors (Lipinski definition) is 5. The first-order valence-electron chi connectivity index (χ1n) is 7.63. The maximum atomic E-state index is 11.9. The van der Waals surface area contributed by atoms with Crippen molar-refractivity contribution in [3.8, 4) is 0 Å². The molecule has 0 aliphatic carbocycles. The molecule has 0 aromatic carbocycles. The molecule has 1 saturated heterocycles. The van der Waals surface area contributed by atoms with Gasteiger partial charge in [0, 0.05) is 12.7 Å². The molecule has 122 valence electrons. The van der Waals surface area contributed by atoms with Gasteiger partial charge in [0.05, 0.1) is 30.6 Å². The molecule has 3 N–H and O–H groups in total. The molecule has 7 heteroatoms. The van der Waals surface area contributed by atoms with Crippen LogP contribution in [0, 0.1) is 0 Å². The standard InChI is InChI=1S/C15H24N4O3/c1-3-19(4-2)9-13-14(20)12(10-22-13)18-15(21)17-11-6-5-7-16-8-11/h5-8,12-14,20H,3-4,9-10H2,1-2H3,(H2,17,18,21). The van der Waals surface area contributed by atoms with Gasteiger partial charge < -0.3 is 25.4 Å². The summed E-state index contributed by atoms with van der Waals surface area (Å²) in [7, 11) is 0. The van der Waals surface area contributed by atoms with Gasteiger partial charge in [-0.3, -0.25) is 4.98 Å². The van der Waals surface area contributed by atoms with E-state index in [-0.39, 0.29) is 12.1 Å². The van der Waals surface area contributed by atoms with E-state index >= 15 is 0 Å². The van der Waals surface area contributed by atoms with Crippen LogP contribution in [0.3, 0.4) is 0 Å². The minimum Gasteiger partial charge on any atom is -0.388 e. The highest BCUT2D eigenvalue weighted by Crippen LogP contribution is 2.16. The number of nitrogens with zero attached hydrogens (tertiary/aromatic N) is 2. The molecular weight excluding hydrogens is 284 g/mol. The van der Waals surface area contributed by atoms with Crippen LogP contribution in [0.1, 0.15) is 13.8 Å². The molecule has 1 aromatic rings. The summed E-state index contributed by atoms with van der Waals surface area (Å²) in [6, 6.07) is 2.71. The molecular formula is C15H24N4O3. The number of pyridine rings is 1. The molecule has 0 radical (unpaired) electrons. The predicted molar refractivity (Wildman–Crippen MR) is 83.7 cm³/mol. The largest absolute Gasteiger partial charge is 0.388 e. The maximum absolute atomic E-state index is 11.9. The Hall–Kier alpha value is -1.70. The number of anilines is 1. The van der Waals surface area contributed by atoms with Gasteiger partial charge in [0.2, 0.25) is 0 Å². The number of carbonyl (C=O) groups excluding carboxylic acids is 1. The number of aliphatic hydroxyl groups excluding tert-OH is 1. The van der Waals surface area contributed by atoms with E-state index < -0.39 is 12.1 Å². The summed E-state index contributed by atoms with van der Waals surface area (Å²) in [5.41, 5.74) is 0.605. The normalized spacial score (nSPS) is 24.5. The van der Waals surface area contributed by atoms with Gasteiger partial charge in [-0.25, -0.2) is 4.79 Å². The summed E-state index contributed by atoms with van der Waals surface area (Å²) >= 11 is 0. The number of rotatable bonds is 6. The van der Waals surface area contributed by atoms with Crippen molar-refractivity contribution < 1.29 is 14.6 Å². The first-order valence-corrected chi connectivity index (χ1v) is 7.63. The Kier molecular flexibility index (Phi) is 6.11. The number of amides is 2. The topological polar surface area (TPSA) is 86.7 Å². The Labute approximate surface area is 130 Å². The monoisotopic (exact) mass is 308 g/mol. The van der Waals surface area contributed by atoms with Gasteiger partial charge >= 0.3 is 6.03 Å². The molecule has 1 aliphatic rings. The molecule has 2 amide bonds. The molecule has 7 nitrogen and oxygen atoms in total. The summed E-state index contributed by atoms with van der Waals surface area (Å²) < 4.78 is 5.62. The zero-order valence-electron chi connectivity index (χ0n) is 13.0. The second kappa shape index (κ2) is 8.07. The van der Waals surface area contributed by atoms with Gasteiger partial charge in [-0.2, -0.15) is 0 Å². The number of hydrogen-bond donors (Lipinski definition) is 3. The Morgan fingerprint density at radius 1 is 1.50 bits per heavy atom. The smallest absolute Gasteiger partial charge is 0.319 e. The zero-order chi connectivity index (χ0) is 15.9. The Balaban J connectivity index is 1.82. The lowest BCUT2D eigenvalue weighted by atomic mass is 10.1. The number of aromatic nitrogens is 1. The van der Waals surface area contributed by atoms with Crippen LogP contribution in [0.15, 0.2) is 24.5 Å². The van der Waals surface area contributed by atoms with Crippen molar-refractivity contribution in [2.24, 2.45) is 0 Å². The molecule has 0 saturated carbocycles. The third kappa shape index (κ3) is 4.40. The average molecular weight is 308 g/mol. The van der Waals surface area contributed by atoms with Gasteiger partial charge in [0.15, 0.2) is 0 Å². The number of nitrogens with one attached hydrogen (secondary N) is 2. The lowest BCUT2D eigenvalue weighted by molar-refractivity contribution is 0.0173. The van der Waals surface area contributed by atoms with Crippen LogP contribution in [0.2, 0.25) is 0 Å². The molecule has 1 fully saturated rings. The van der Waals surface area contributed by atoms with Crippen LogP contribution in [0.4, 0.5) is 10.5 Å². The lowest BCUT2D eigenvalue weighted by Crippen LogP contribution is -2.48. The minimum atomic E-state index is -0.708. The Morgan fingerprint density at radius 2 is 2.27 bits per heavy atom. The quantitative estimate of drug-likeness (QED) is 0.719. The van der Waals surface area contributed by atoms with E-state index in [1.165, 1.54) is 0 Å². The van der Waals surface area contributed by atoms with Gasteiger partial charge in [0.1, 0.15) is 6.10 Å². The van der Waals surface area contributed by atoms with E-state index in [0.29, 0.717) is 18.8 Å². The fraction of sp³-hybridized carbons (Fsp3) is 0.600. The van der Waals surface area contributed by atoms with Gasteiger partial charge in [-0.05, 0) is 25.2 Å². The van der Waals surface area contributed by atoms with Gasteiger partial charge in [-0.1, -0.05) is 13.8 Å². The fourth-order valence-corrected chi connectivity index (χ4v) is 2.48. The fourth-order valence-electron chi connectivity index (χ4n) is 2.48. The molecule has 1 aromatic heterocycles. The van der Waals surface area contributed by atoms with Crippen LogP contribution in [0.25, 0.3) is 0 Å². The second-order valence-electron chi connectivity index (χ2n) is 5.29. The molecule has 0 bridgehead atoms. The summed E-state index contributed by atoms with van der Waals surface area (Å²) in [4.78, 5) is 18.0. The molecule has 2 rings (SSSR count). The third-order valence-electron chi connectivity index (χ3n) is 3.85. The number of urea groups is 1. The first-order chi connectivity index (χ1) is 10.6. The summed E-state index contributed by atoms with van der Waals surface area (Å²) in [5.74, 6) is 0. The van der Waals surface area contributed by atoms with Crippen LogP contribution in [-0.4, -0.2) is 65.5 Å². The summed E-state index contributed by atoms with van der Waals surface area (Å²) in [6.45, 7) is 6.93. The van der Waals surface area contributed by atoms with E-state index in [9.17, 15) is 9.90 Å². The number of aliphatic hydroxyl groups is 1. The van der Waals surface area contributed by atoms with Crippen molar-refractivity contribution in [2.75, 3.05) is 31.6 Å². The molecule has 3 atom stereocenters. The average Bonchev–Trinajstić information content (AvgIpc) is 2.86. The highest BCUT2D eigenvalue weighted by Gasteiger charge is 2.37. The first kappa shape index (κ1) is 16.7. The van der Waals surface area contributed by atoms with Crippen molar-refractivity contribution >= 4 is 11.7 Å². The third-order valence-corrected chi connectivity index (χ3v) is 3.85. The van der Waals surface area contributed by atoms with Crippen molar-refractivity contribution in [1.29, 1.82) is 0 Å². The van der Waals surface area contributed by atoms with E-state index in [4.69, 9.17) is 4.74 Å². The molecule has 3 unspecified atom stereocenters. The van der Waals surface area contributed by atoms with E-state index in [1.807, 2.05) is 0 Å². The van der Waals surface area contributed by atoms with E-state index in [0.717, 1.165) is 13.1 Å². The van der Waals surface area contributed by atoms with E-state index in [1.54, 1.807) is 24.5 Å². The van der Waals surface area contributed by atoms with Crippen LogP contribution in [-0.2, 0) is 4.74 Å². The molecule has 0 spiro atoms. The van der Waals surface area contributed by atoms with Gasteiger partial charge in [0.25, 0.3) is 0 Å². The molecule has 22 heavy (non-hydrogen) atoms. The Bertz CT molecular complexity index is 467. The van der Waals surface area contributed by atoms with Crippen LogP contribution in [0.5, 0.6) is 0 Å². The molecule has 1 aliphatic heterocycles. The molecule has 2 heterocycles. The zero-order valence-corrected chi connectivity index (χ0v) is 13.0. The van der Waals surface area contributed by atoms with Crippen molar-refractivity contribution in [3.63, 3.8) is 0 Å². The van der Waals surface area contributed by atoms with Gasteiger partial charge in [-0.15, -0.1) is 0 Å². The highest BCUT2D eigenvalue weighted by atomic mass is 16.5. The van der Waals surface area contributed by atoms with E-state index in [2.05, 4.69) is 34.4 Å². The van der Waals surface area contributed by atoms with Crippen molar-refractivity contribution in [1.82, 2.24) is 15.2 Å².